The highest BCUT2D eigenvalue weighted by molar-refractivity contribution is 5.95. The first kappa shape index (κ1) is 27.7. The summed E-state index contributed by atoms with van der Waals surface area (Å²) >= 11 is 0. The van der Waals surface area contributed by atoms with Crippen LogP contribution >= 0.6 is 0 Å². The number of amides is 4. The van der Waals surface area contributed by atoms with E-state index in [2.05, 4.69) is 15.6 Å². The quantitative estimate of drug-likeness (QED) is 0.141. The van der Waals surface area contributed by atoms with Gasteiger partial charge in [0.1, 0.15) is 18.1 Å². The number of hydrogen-bond acceptors (Lipinski definition) is 6. The Labute approximate surface area is 212 Å². The number of rotatable bonds is 10. The molecule has 2 aliphatic heterocycles. The maximum Gasteiger partial charge on any atom is 0.245 e. The predicted molar refractivity (Wildman–Crippen MR) is 135 cm³/mol. The topological polar surface area (TPSA) is 189 Å². The number of nitrogens with one attached hydrogen (secondary N) is 2. The van der Waals surface area contributed by atoms with E-state index < -0.39 is 18.1 Å². The summed E-state index contributed by atoms with van der Waals surface area (Å²) in [5.41, 5.74) is 16.3. The van der Waals surface area contributed by atoms with Gasteiger partial charge in [0.25, 0.3) is 0 Å². The van der Waals surface area contributed by atoms with E-state index in [9.17, 15) is 19.2 Å². The molecule has 1 saturated carbocycles. The van der Waals surface area contributed by atoms with Crippen molar-refractivity contribution < 1.29 is 19.2 Å². The molecule has 0 aromatic rings. The van der Waals surface area contributed by atoms with Gasteiger partial charge in [-0.1, -0.05) is 19.3 Å². The summed E-state index contributed by atoms with van der Waals surface area (Å²) in [4.78, 5) is 59.1. The standard InChI is InChI=1S/C24H42N8O4/c25-15-20(33)31-13-5-10-18(31)22(35)30-17(9-4-12-28-24(26)27)23(36)32-14-6-11-19(32)21(34)29-16-7-2-1-3-8-16/h16-19H,1-15,25H2,(H,29,34)(H,30,35)(H4,26,27,28)/t17-,18-,19-/m0/s1. The van der Waals surface area contributed by atoms with Crippen LogP contribution in [-0.2, 0) is 19.2 Å². The number of nitrogens with two attached hydrogens (primary N) is 3. The molecule has 3 rings (SSSR count). The molecular formula is C24H42N8O4. The molecule has 2 heterocycles. The van der Waals surface area contributed by atoms with E-state index in [0.29, 0.717) is 51.7 Å². The molecule has 3 aliphatic rings. The van der Waals surface area contributed by atoms with Crippen LogP contribution in [0.15, 0.2) is 4.99 Å². The molecule has 36 heavy (non-hydrogen) atoms. The van der Waals surface area contributed by atoms with Crippen LogP contribution in [0.25, 0.3) is 0 Å². The fourth-order valence-electron chi connectivity index (χ4n) is 5.53. The Morgan fingerprint density at radius 2 is 1.50 bits per heavy atom. The Morgan fingerprint density at radius 3 is 2.14 bits per heavy atom. The maximum atomic E-state index is 13.6. The molecule has 0 radical (unpaired) electrons. The Morgan fingerprint density at radius 1 is 0.861 bits per heavy atom. The van der Waals surface area contributed by atoms with E-state index in [0.717, 1.165) is 32.1 Å². The Balaban J connectivity index is 1.68. The molecule has 0 aromatic carbocycles. The normalized spacial score (nSPS) is 23.2. The SMILES string of the molecule is NCC(=O)N1CCC[C@H]1C(=O)N[C@@H](CCCN=C(N)N)C(=O)N1CCC[C@H]1C(=O)NC1CCCCC1. The third-order valence-corrected chi connectivity index (χ3v) is 7.40. The van der Waals surface area contributed by atoms with E-state index >= 15 is 0 Å². The molecule has 1 aliphatic carbocycles. The van der Waals surface area contributed by atoms with Crippen LogP contribution in [0, 0.1) is 0 Å². The van der Waals surface area contributed by atoms with Crippen LogP contribution in [-0.4, -0.2) is 89.7 Å². The van der Waals surface area contributed by atoms with Crippen LogP contribution < -0.4 is 27.8 Å². The minimum Gasteiger partial charge on any atom is -0.370 e. The van der Waals surface area contributed by atoms with Crippen molar-refractivity contribution in [3.63, 3.8) is 0 Å². The molecule has 4 amide bonds. The van der Waals surface area contributed by atoms with Gasteiger partial charge >= 0.3 is 0 Å². The van der Waals surface area contributed by atoms with Crippen molar-refractivity contribution in [3.05, 3.63) is 0 Å². The first-order valence-electron chi connectivity index (χ1n) is 13.3. The molecule has 0 unspecified atom stereocenters. The summed E-state index contributed by atoms with van der Waals surface area (Å²) < 4.78 is 0. The van der Waals surface area contributed by atoms with E-state index in [-0.39, 0.29) is 42.2 Å². The number of nitrogens with zero attached hydrogens (tertiary/aromatic N) is 3. The molecule has 2 saturated heterocycles. The molecule has 12 heteroatoms. The van der Waals surface area contributed by atoms with Crippen LogP contribution in [0.4, 0.5) is 0 Å². The lowest BCUT2D eigenvalue weighted by Gasteiger charge is -2.32. The number of carbonyl (C=O) groups is 4. The molecule has 8 N–H and O–H groups in total. The van der Waals surface area contributed by atoms with E-state index in [4.69, 9.17) is 17.2 Å². The fraction of sp³-hybridized carbons (Fsp3) is 0.792. The molecule has 3 fully saturated rings. The highest BCUT2D eigenvalue weighted by Crippen LogP contribution is 2.23. The highest BCUT2D eigenvalue weighted by Gasteiger charge is 2.40. The van der Waals surface area contributed by atoms with E-state index in [1.54, 1.807) is 4.90 Å². The minimum atomic E-state index is -0.842. The Hall–Kier alpha value is -2.89. The van der Waals surface area contributed by atoms with Gasteiger partial charge in [0.2, 0.25) is 23.6 Å². The zero-order chi connectivity index (χ0) is 26.1. The second-order valence-electron chi connectivity index (χ2n) is 9.99. The number of carbonyl (C=O) groups excluding carboxylic acids is 4. The molecule has 3 atom stereocenters. The van der Waals surface area contributed by atoms with Crippen molar-refractivity contribution in [1.82, 2.24) is 20.4 Å². The van der Waals surface area contributed by atoms with Crippen LogP contribution in [0.2, 0.25) is 0 Å². The highest BCUT2D eigenvalue weighted by atomic mass is 16.2. The molecule has 0 spiro atoms. The second-order valence-corrected chi connectivity index (χ2v) is 9.99. The van der Waals surface area contributed by atoms with Gasteiger partial charge < -0.3 is 37.6 Å². The molecule has 202 valence electrons. The van der Waals surface area contributed by atoms with Gasteiger partial charge in [-0.3, -0.25) is 24.2 Å². The van der Waals surface area contributed by atoms with E-state index in [1.165, 1.54) is 11.3 Å². The average molecular weight is 507 g/mol. The van der Waals surface area contributed by atoms with Crippen molar-refractivity contribution >= 4 is 29.6 Å². The van der Waals surface area contributed by atoms with Gasteiger partial charge in [0.15, 0.2) is 5.96 Å². The van der Waals surface area contributed by atoms with Crippen LogP contribution in [0.5, 0.6) is 0 Å². The largest absolute Gasteiger partial charge is 0.370 e. The Kier molecular flexibility index (Phi) is 10.3. The van der Waals surface area contributed by atoms with Crippen molar-refractivity contribution in [2.75, 3.05) is 26.2 Å². The molecule has 0 aromatic heterocycles. The van der Waals surface area contributed by atoms with Crippen molar-refractivity contribution in [2.24, 2.45) is 22.2 Å². The smallest absolute Gasteiger partial charge is 0.245 e. The van der Waals surface area contributed by atoms with Crippen molar-refractivity contribution in [1.29, 1.82) is 0 Å². The zero-order valence-electron chi connectivity index (χ0n) is 21.1. The molecule has 0 bridgehead atoms. The number of hydrogen-bond donors (Lipinski definition) is 5. The van der Waals surface area contributed by atoms with Gasteiger partial charge in [-0.25, -0.2) is 0 Å². The zero-order valence-corrected chi connectivity index (χ0v) is 21.1. The number of aliphatic imine (C=N–C) groups is 1. The van der Waals surface area contributed by atoms with E-state index in [1.807, 2.05) is 0 Å². The summed E-state index contributed by atoms with van der Waals surface area (Å²) in [6.45, 7) is 1.07. The van der Waals surface area contributed by atoms with Gasteiger partial charge in [0, 0.05) is 25.7 Å². The summed E-state index contributed by atoms with van der Waals surface area (Å²) in [5, 5.41) is 6.00. The monoisotopic (exact) mass is 506 g/mol. The first-order chi connectivity index (χ1) is 17.3. The van der Waals surface area contributed by atoms with Gasteiger partial charge in [-0.2, -0.15) is 0 Å². The lowest BCUT2D eigenvalue weighted by Crippen LogP contribution is -2.57. The average Bonchev–Trinajstić information content (AvgIpc) is 3.55. The third-order valence-electron chi connectivity index (χ3n) is 7.40. The Bertz CT molecular complexity index is 825. The van der Waals surface area contributed by atoms with Crippen molar-refractivity contribution in [2.45, 2.75) is 94.8 Å². The first-order valence-corrected chi connectivity index (χ1v) is 13.3. The van der Waals surface area contributed by atoms with Gasteiger partial charge in [0.05, 0.1) is 6.54 Å². The summed E-state index contributed by atoms with van der Waals surface area (Å²) in [6, 6.07) is -1.88. The summed E-state index contributed by atoms with van der Waals surface area (Å²) in [6.07, 6.45) is 8.65. The minimum absolute atomic E-state index is 0.0391. The van der Waals surface area contributed by atoms with Gasteiger partial charge in [-0.15, -0.1) is 0 Å². The van der Waals surface area contributed by atoms with Crippen molar-refractivity contribution in [3.8, 4) is 0 Å². The second kappa shape index (κ2) is 13.4. The van der Waals surface area contributed by atoms with Crippen LogP contribution in [0.1, 0.15) is 70.6 Å². The fourth-order valence-corrected chi connectivity index (χ4v) is 5.53. The van der Waals surface area contributed by atoms with Gasteiger partial charge in [-0.05, 0) is 51.4 Å². The van der Waals surface area contributed by atoms with Crippen LogP contribution in [0.3, 0.4) is 0 Å². The molecule has 12 nitrogen and oxygen atoms in total. The maximum absolute atomic E-state index is 13.6. The summed E-state index contributed by atoms with van der Waals surface area (Å²) in [7, 11) is 0. The number of guanidine groups is 1. The third kappa shape index (κ3) is 7.31. The predicted octanol–water partition coefficient (Wildman–Crippen LogP) is -1.09. The lowest BCUT2D eigenvalue weighted by molar-refractivity contribution is -0.143. The molecular weight excluding hydrogens is 464 g/mol. The number of likely N-dealkylation sites (tertiary alicyclic amines) is 2. The lowest BCUT2D eigenvalue weighted by atomic mass is 9.95. The summed E-state index contributed by atoms with van der Waals surface area (Å²) in [5.74, 6) is -1.11.